The van der Waals surface area contributed by atoms with Crippen molar-refractivity contribution >= 4 is 0 Å². The fourth-order valence-electron chi connectivity index (χ4n) is 3.35. The highest BCUT2D eigenvalue weighted by molar-refractivity contribution is 4.97. The molecule has 108 valence electrons. The molecule has 1 unspecified atom stereocenters. The molecule has 1 aliphatic heterocycles. The quantitative estimate of drug-likeness (QED) is 0.780. The van der Waals surface area contributed by atoms with E-state index in [0.717, 1.165) is 11.8 Å². The molecular formula is C16H34N2. The van der Waals surface area contributed by atoms with Crippen molar-refractivity contribution in [3.8, 4) is 0 Å². The molecule has 0 aromatic rings. The summed E-state index contributed by atoms with van der Waals surface area (Å²) in [6, 6.07) is 0.690. The summed E-state index contributed by atoms with van der Waals surface area (Å²) in [7, 11) is 0. The molecule has 0 spiro atoms. The molecule has 1 rings (SSSR count). The van der Waals surface area contributed by atoms with E-state index in [4.69, 9.17) is 0 Å². The van der Waals surface area contributed by atoms with Crippen LogP contribution in [0.5, 0.6) is 0 Å². The number of nitrogens with one attached hydrogen (secondary N) is 1. The first kappa shape index (κ1) is 16.0. The van der Waals surface area contributed by atoms with Crippen LogP contribution in [0.3, 0.4) is 0 Å². The van der Waals surface area contributed by atoms with Crippen molar-refractivity contribution in [3.05, 3.63) is 0 Å². The van der Waals surface area contributed by atoms with Gasteiger partial charge in [-0.1, -0.05) is 41.5 Å². The highest BCUT2D eigenvalue weighted by Crippen LogP contribution is 2.29. The summed E-state index contributed by atoms with van der Waals surface area (Å²) in [5, 5.41) is 3.80. The lowest BCUT2D eigenvalue weighted by Gasteiger charge is -2.50. The number of rotatable bonds is 6. The van der Waals surface area contributed by atoms with Crippen LogP contribution in [0, 0.1) is 11.8 Å². The second kappa shape index (κ2) is 6.91. The van der Waals surface area contributed by atoms with Gasteiger partial charge in [0.15, 0.2) is 0 Å². The molecule has 1 fully saturated rings. The Morgan fingerprint density at radius 1 is 1.11 bits per heavy atom. The third kappa shape index (κ3) is 3.96. The van der Waals surface area contributed by atoms with E-state index in [-0.39, 0.29) is 0 Å². The Balaban J connectivity index is 2.72. The van der Waals surface area contributed by atoms with E-state index in [1.165, 1.54) is 38.9 Å². The van der Waals surface area contributed by atoms with Gasteiger partial charge in [-0.15, -0.1) is 0 Å². The lowest BCUT2D eigenvalue weighted by molar-refractivity contribution is 0.0186. The predicted molar refractivity (Wildman–Crippen MR) is 81.0 cm³/mol. The zero-order chi connectivity index (χ0) is 13.8. The molecule has 0 bridgehead atoms. The van der Waals surface area contributed by atoms with Crippen molar-refractivity contribution in [2.45, 2.75) is 72.4 Å². The number of hydrogen-bond acceptors (Lipinski definition) is 2. The van der Waals surface area contributed by atoms with Gasteiger partial charge in [0.25, 0.3) is 0 Å². The number of hydrogen-bond donors (Lipinski definition) is 1. The summed E-state index contributed by atoms with van der Waals surface area (Å²) in [5.41, 5.74) is 0.401. The smallest absolute Gasteiger partial charge is 0.0329 e. The van der Waals surface area contributed by atoms with E-state index in [2.05, 4.69) is 51.8 Å². The van der Waals surface area contributed by atoms with Gasteiger partial charge < -0.3 is 5.32 Å². The Morgan fingerprint density at radius 2 is 1.72 bits per heavy atom. The second-order valence-electron chi connectivity index (χ2n) is 6.94. The third-order valence-corrected chi connectivity index (χ3v) is 4.49. The maximum atomic E-state index is 3.80. The van der Waals surface area contributed by atoms with E-state index in [1.807, 2.05) is 0 Å². The summed E-state index contributed by atoms with van der Waals surface area (Å²) in [4.78, 5) is 2.78. The fraction of sp³-hybridized carbons (Fsp3) is 1.00. The van der Waals surface area contributed by atoms with Gasteiger partial charge in [-0.05, 0) is 31.1 Å². The monoisotopic (exact) mass is 254 g/mol. The van der Waals surface area contributed by atoms with E-state index < -0.39 is 0 Å². The van der Waals surface area contributed by atoms with Gasteiger partial charge >= 0.3 is 0 Å². The summed E-state index contributed by atoms with van der Waals surface area (Å²) in [5.74, 6) is 1.56. The van der Waals surface area contributed by atoms with Crippen LogP contribution in [-0.2, 0) is 0 Å². The van der Waals surface area contributed by atoms with Crippen LogP contribution in [0.1, 0.15) is 60.8 Å². The molecule has 0 radical (unpaired) electrons. The van der Waals surface area contributed by atoms with Crippen molar-refractivity contribution < 1.29 is 0 Å². The van der Waals surface area contributed by atoms with Crippen LogP contribution >= 0.6 is 0 Å². The van der Waals surface area contributed by atoms with Crippen molar-refractivity contribution in [2.24, 2.45) is 11.8 Å². The van der Waals surface area contributed by atoms with Gasteiger partial charge in [0.2, 0.25) is 0 Å². The molecule has 0 amide bonds. The van der Waals surface area contributed by atoms with Crippen LogP contribution in [0.2, 0.25) is 0 Å². The molecule has 1 heterocycles. The highest BCUT2D eigenvalue weighted by Gasteiger charge is 2.38. The summed E-state index contributed by atoms with van der Waals surface area (Å²) >= 11 is 0. The minimum Gasteiger partial charge on any atom is -0.311 e. The van der Waals surface area contributed by atoms with Gasteiger partial charge in [-0.25, -0.2) is 0 Å². The van der Waals surface area contributed by atoms with Gasteiger partial charge in [-0.3, -0.25) is 4.90 Å². The SMILES string of the molecule is CCC1(CC)CNC(CC(C)C)CN1CC(C)C. The van der Waals surface area contributed by atoms with Crippen molar-refractivity contribution in [1.29, 1.82) is 0 Å². The number of piperazine rings is 1. The van der Waals surface area contributed by atoms with Gasteiger partial charge in [0.1, 0.15) is 0 Å². The van der Waals surface area contributed by atoms with Gasteiger partial charge in [0.05, 0.1) is 0 Å². The van der Waals surface area contributed by atoms with E-state index in [9.17, 15) is 0 Å². The zero-order valence-corrected chi connectivity index (χ0v) is 13.4. The molecule has 2 heteroatoms. The predicted octanol–water partition coefficient (Wildman–Crippen LogP) is 3.52. The maximum Gasteiger partial charge on any atom is 0.0329 e. The second-order valence-corrected chi connectivity index (χ2v) is 6.94. The van der Waals surface area contributed by atoms with Crippen molar-refractivity contribution in [1.82, 2.24) is 10.2 Å². The van der Waals surface area contributed by atoms with E-state index >= 15 is 0 Å². The van der Waals surface area contributed by atoms with Gasteiger partial charge in [-0.2, -0.15) is 0 Å². The Labute approximate surface area is 115 Å². The largest absolute Gasteiger partial charge is 0.311 e. The molecule has 0 aliphatic carbocycles. The standard InChI is InChI=1S/C16H34N2/c1-7-16(8-2)12-17-15(9-13(3)4)11-18(16)10-14(5)6/h13-15,17H,7-12H2,1-6H3. The van der Waals surface area contributed by atoms with Crippen molar-refractivity contribution in [2.75, 3.05) is 19.6 Å². The zero-order valence-electron chi connectivity index (χ0n) is 13.4. The van der Waals surface area contributed by atoms with Gasteiger partial charge in [0, 0.05) is 31.2 Å². The molecule has 1 N–H and O–H groups in total. The lowest BCUT2D eigenvalue weighted by atomic mass is 9.85. The third-order valence-electron chi connectivity index (χ3n) is 4.49. The van der Waals surface area contributed by atoms with Crippen LogP contribution in [0.4, 0.5) is 0 Å². The Bertz CT molecular complexity index is 231. The first-order chi connectivity index (χ1) is 8.43. The molecule has 2 nitrogen and oxygen atoms in total. The molecule has 0 saturated carbocycles. The molecule has 1 saturated heterocycles. The van der Waals surface area contributed by atoms with Crippen molar-refractivity contribution in [3.63, 3.8) is 0 Å². The summed E-state index contributed by atoms with van der Waals surface area (Å²) in [6.07, 6.45) is 3.83. The normalized spacial score (nSPS) is 25.0. The first-order valence-electron chi connectivity index (χ1n) is 7.92. The Hall–Kier alpha value is -0.0800. The minimum atomic E-state index is 0.401. The topological polar surface area (TPSA) is 15.3 Å². The van der Waals surface area contributed by atoms with E-state index in [0.29, 0.717) is 11.6 Å². The molecule has 0 aromatic heterocycles. The maximum absolute atomic E-state index is 3.80. The molecule has 1 atom stereocenters. The van der Waals surface area contributed by atoms with Crippen LogP contribution < -0.4 is 5.32 Å². The number of nitrogens with zero attached hydrogens (tertiary/aromatic N) is 1. The van der Waals surface area contributed by atoms with Crippen LogP contribution in [-0.4, -0.2) is 36.1 Å². The Kier molecular flexibility index (Phi) is 6.13. The molecular weight excluding hydrogens is 220 g/mol. The minimum absolute atomic E-state index is 0.401. The first-order valence-corrected chi connectivity index (χ1v) is 7.92. The summed E-state index contributed by atoms with van der Waals surface area (Å²) in [6.45, 7) is 17.7. The Morgan fingerprint density at radius 3 is 2.17 bits per heavy atom. The van der Waals surface area contributed by atoms with Crippen LogP contribution in [0.15, 0.2) is 0 Å². The molecule has 0 aromatic carbocycles. The summed E-state index contributed by atoms with van der Waals surface area (Å²) < 4.78 is 0. The van der Waals surface area contributed by atoms with Crippen LogP contribution in [0.25, 0.3) is 0 Å². The molecule has 18 heavy (non-hydrogen) atoms. The average molecular weight is 254 g/mol. The fourth-order valence-corrected chi connectivity index (χ4v) is 3.35. The molecule has 1 aliphatic rings. The lowest BCUT2D eigenvalue weighted by Crippen LogP contribution is -2.64. The average Bonchev–Trinajstić information content (AvgIpc) is 2.29. The highest BCUT2D eigenvalue weighted by atomic mass is 15.3. The van der Waals surface area contributed by atoms with E-state index in [1.54, 1.807) is 0 Å².